The van der Waals surface area contributed by atoms with Gasteiger partial charge in [0, 0.05) is 57.3 Å². The van der Waals surface area contributed by atoms with Crippen LogP contribution in [0.15, 0.2) is 115 Å². The highest BCUT2D eigenvalue weighted by atomic mass is 36.0. The van der Waals surface area contributed by atoms with Crippen LogP contribution < -0.4 is 23.8 Å². The molecular formula is C47H56Cl3N2O6PS2+2. The van der Waals surface area contributed by atoms with E-state index in [9.17, 15) is 9.36 Å². The molecule has 14 heteroatoms. The van der Waals surface area contributed by atoms with E-state index in [1.165, 1.54) is 33.3 Å². The lowest BCUT2D eigenvalue weighted by Gasteiger charge is -2.30. The van der Waals surface area contributed by atoms with E-state index < -0.39 is 5.20 Å². The molecule has 0 saturated carbocycles. The van der Waals surface area contributed by atoms with E-state index in [1.807, 2.05) is 53.4 Å². The summed E-state index contributed by atoms with van der Waals surface area (Å²) in [5.41, 5.74) is 6.92. The smallest absolute Gasteiger partial charge is 0.339 e. The van der Waals surface area contributed by atoms with Crippen molar-refractivity contribution in [2.24, 2.45) is 0 Å². The van der Waals surface area contributed by atoms with Crippen LogP contribution in [0.5, 0.6) is 23.0 Å². The van der Waals surface area contributed by atoms with E-state index in [0.717, 1.165) is 51.4 Å². The molecule has 0 spiro atoms. The number of carbonyl (C=O) groups is 1. The Bertz CT molecular complexity index is 2460. The number of anilines is 1. The molecule has 1 heterocycles. The molecule has 1 aliphatic heterocycles. The van der Waals surface area contributed by atoms with Crippen LogP contribution >= 0.6 is 65.9 Å². The molecule has 326 valence electrons. The predicted molar refractivity (Wildman–Crippen MR) is 269 cm³/mol. The molecule has 0 N–H and O–H groups in total. The van der Waals surface area contributed by atoms with Crippen molar-refractivity contribution in [2.45, 2.75) is 52.6 Å². The van der Waals surface area contributed by atoms with E-state index in [0.29, 0.717) is 12.5 Å². The first-order valence-corrected chi connectivity index (χ1v) is 23.1. The second-order valence-corrected chi connectivity index (χ2v) is 20.6. The Balaban J connectivity index is 0.000000362. The summed E-state index contributed by atoms with van der Waals surface area (Å²) in [5.74, 6) is 3.23. The number of benzene rings is 6. The maximum Gasteiger partial charge on any atom is 0.339 e. The summed E-state index contributed by atoms with van der Waals surface area (Å²) in [6, 6.07) is 39.5. The summed E-state index contributed by atoms with van der Waals surface area (Å²) in [6.45, 7) is 8.14. The van der Waals surface area contributed by atoms with E-state index in [1.54, 1.807) is 35.4 Å². The number of halogens is 3. The summed E-state index contributed by atoms with van der Waals surface area (Å²) in [4.78, 5) is 14.4. The van der Waals surface area contributed by atoms with Gasteiger partial charge in [-0.2, -0.15) is 31.6 Å². The summed E-state index contributed by atoms with van der Waals surface area (Å²) in [7, 11) is 6.70. The highest BCUT2D eigenvalue weighted by molar-refractivity contribution is 8.24. The normalized spacial score (nSPS) is 13.3. The third-order valence-electron chi connectivity index (χ3n) is 10.1. The van der Waals surface area contributed by atoms with E-state index in [4.69, 9.17) is 18.9 Å². The highest BCUT2D eigenvalue weighted by Gasteiger charge is 2.34. The number of hydrogen-bond acceptors (Lipinski definition) is 6. The van der Waals surface area contributed by atoms with Gasteiger partial charge in [0.15, 0.2) is 11.8 Å². The third-order valence-corrected chi connectivity index (χ3v) is 10.1. The molecule has 6 aromatic carbocycles. The molecular weight excluding hydrogens is 890 g/mol. The molecule has 2 atom stereocenters. The lowest BCUT2D eigenvalue weighted by molar-refractivity contribution is -0.480. The zero-order chi connectivity index (χ0) is 42.1. The number of carbonyl (C=O) groups excluding carboxylic acids is 1. The van der Waals surface area contributed by atoms with E-state index >= 15 is 0 Å². The van der Waals surface area contributed by atoms with Crippen LogP contribution in [0.4, 0.5) is 11.4 Å². The number of methoxy groups -OCH3 is 4. The van der Waals surface area contributed by atoms with Crippen LogP contribution in [0.2, 0.25) is 0 Å². The van der Waals surface area contributed by atoms with Crippen molar-refractivity contribution in [3.8, 4) is 23.0 Å². The summed E-state index contributed by atoms with van der Waals surface area (Å²) in [5, 5.41) is 1.51. The number of rotatable bonds is 9. The van der Waals surface area contributed by atoms with Crippen molar-refractivity contribution in [1.82, 2.24) is 0 Å². The van der Waals surface area contributed by atoms with Crippen molar-refractivity contribution in [1.29, 1.82) is 0 Å². The zero-order valence-corrected chi connectivity index (χ0v) is 41.1. The van der Waals surface area contributed by atoms with Gasteiger partial charge in [-0.3, -0.25) is 9.36 Å². The van der Waals surface area contributed by atoms with Crippen LogP contribution in [-0.4, -0.2) is 56.7 Å². The molecule has 6 aromatic rings. The molecule has 0 aliphatic carbocycles. The Morgan fingerprint density at radius 2 is 1.25 bits per heavy atom. The first-order chi connectivity index (χ1) is 27.7. The fourth-order valence-corrected chi connectivity index (χ4v) is 7.75. The number of amides is 1. The second-order valence-electron chi connectivity index (χ2n) is 13.9. The Labute approximate surface area is 389 Å². The summed E-state index contributed by atoms with van der Waals surface area (Å²) in [6.07, 6.45) is 1.64. The molecule has 1 amide bonds. The summed E-state index contributed by atoms with van der Waals surface area (Å²) >= 11 is 13.8. The Hall–Kier alpha value is -4.15. The molecule has 8 nitrogen and oxygen atoms in total. The van der Waals surface area contributed by atoms with Gasteiger partial charge in [-0.1, -0.05) is 66.7 Å². The van der Waals surface area contributed by atoms with Gasteiger partial charge < -0.3 is 23.8 Å². The largest absolute Gasteiger partial charge is 0.497 e. The fraction of sp³-hybridized carbons (Fsp3) is 0.255. The number of fused-ring (bicyclic) bond motifs is 3. The minimum atomic E-state index is -3.22. The predicted octanol–water partition coefficient (Wildman–Crippen LogP) is 13.3. The van der Waals surface area contributed by atoms with Gasteiger partial charge in [-0.25, -0.2) is 0 Å². The molecule has 7 rings (SSSR count). The topological polar surface area (TPSA) is 77.3 Å². The Morgan fingerprint density at radius 3 is 1.79 bits per heavy atom. The van der Waals surface area contributed by atoms with Crippen LogP contribution in [-0.2, 0) is 22.2 Å². The van der Waals surface area contributed by atoms with Gasteiger partial charge in [0.2, 0.25) is 11.6 Å². The maximum absolute atomic E-state index is 12.5. The average molecular weight is 946 g/mol. The molecule has 0 aromatic heterocycles. The SMILES string of the molecule is COc1cc(C[C@H](C)N(C(C)=O)c2cccc3ccccc23)cc(OC)c1.COc1cc2c(c(OC)c1)C(C)=[N+](c1cccc3ccccc13)[C@@H](C)C2.O=P(Cl)(Cl)Cl.S.S.[CH3+]. The molecule has 0 bridgehead atoms. The minimum absolute atomic E-state index is 0. The van der Waals surface area contributed by atoms with E-state index in [2.05, 4.69) is 126 Å². The van der Waals surface area contributed by atoms with Crippen LogP contribution in [0.3, 0.4) is 0 Å². The van der Waals surface area contributed by atoms with Gasteiger partial charge in [0.1, 0.15) is 23.0 Å². The van der Waals surface area contributed by atoms with Crippen LogP contribution in [0.1, 0.15) is 44.4 Å². The number of hydrogen-bond donors (Lipinski definition) is 0. The standard InChI is InChI=1S/C23H25NO3.C23H24NO2.CH3.Cl3OP.2H2S/c1-16(12-18-13-20(26-3)15-21(14-18)27-4)24(17(2)25)23-11-7-9-19-8-5-6-10-22(19)23;1-15-12-18-13-19(25-3)14-22(26-4)23(18)16(2)24(15)21-11-7-9-17-8-5-6-10-20(17)21;;1-5(2,3)4;;/h5-11,13-16H,12H2,1-4H3;5-11,13-15H,12H2,1-4H3;1H3;;2*1H2/q;2*+1;;;/t16-;15-;;;;/m00..../s1. The first kappa shape index (κ1) is 53.0. The van der Waals surface area contributed by atoms with Gasteiger partial charge in [0.05, 0.1) is 45.1 Å². The van der Waals surface area contributed by atoms with Crippen molar-refractivity contribution in [2.75, 3.05) is 33.3 Å². The van der Waals surface area contributed by atoms with Crippen molar-refractivity contribution >= 4 is 110 Å². The second kappa shape index (κ2) is 23.9. The zero-order valence-electron chi connectivity index (χ0n) is 36.0. The van der Waals surface area contributed by atoms with Crippen LogP contribution in [0.25, 0.3) is 21.5 Å². The van der Waals surface area contributed by atoms with E-state index in [-0.39, 0.29) is 46.4 Å². The van der Waals surface area contributed by atoms with Crippen LogP contribution in [0, 0.1) is 7.43 Å². The summed E-state index contributed by atoms with van der Waals surface area (Å²) < 4.78 is 33.9. The van der Waals surface area contributed by atoms with Crippen molar-refractivity contribution < 1.29 is 32.9 Å². The minimum Gasteiger partial charge on any atom is -0.497 e. The third kappa shape index (κ3) is 13.4. The molecule has 0 unspecified atom stereocenters. The lowest BCUT2D eigenvalue weighted by Crippen LogP contribution is -2.38. The highest BCUT2D eigenvalue weighted by Crippen LogP contribution is 2.61. The molecule has 0 radical (unpaired) electrons. The molecule has 0 saturated heterocycles. The Kier molecular flexibility index (Phi) is 20.8. The number of nitrogens with zero attached hydrogens (tertiary/aromatic N) is 2. The molecule has 61 heavy (non-hydrogen) atoms. The maximum atomic E-state index is 12.5. The molecule has 1 aliphatic rings. The quantitative estimate of drug-likeness (QED) is 0.0816. The average Bonchev–Trinajstić information content (AvgIpc) is 3.19. The lowest BCUT2D eigenvalue weighted by atomic mass is 9.91. The van der Waals surface area contributed by atoms with Crippen molar-refractivity contribution in [3.05, 3.63) is 139 Å². The monoisotopic (exact) mass is 944 g/mol. The van der Waals surface area contributed by atoms with Gasteiger partial charge in [-0.05, 0) is 106 Å². The fourth-order valence-electron chi connectivity index (χ4n) is 7.75. The Morgan fingerprint density at radius 1 is 0.754 bits per heavy atom. The van der Waals surface area contributed by atoms with Gasteiger partial charge in [0.25, 0.3) is 0 Å². The first-order valence-electron chi connectivity index (χ1n) is 18.7. The number of ether oxygens (including phenoxy) is 4. The molecule has 0 fully saturated rings. The van der Waals surface area contributed by atoms with Crippen molar-refractivity contribution in [3.63, 3.8) is 0 Å². The van der Waals surface area contributed by atoms with Gasteiger partial charge >= 0.3 is 5.20 Å². The van der Waals surface area contributed by atoms with Gasteiger partial charge in [-0.15, -0.1) is 0 Å².